The summed E-state index contributed by atoms with van der Waals surface area (Å²) in [6, 6.07) is 6.38. The zero-order valence-electron chi connectivity index (χ0n) is 9.26. The van der Waals surface area contributed by atoms with Gasteiger partial charge in [0.15, 0.2) is 0 Å². The number of thioether (sulfide) groups is 1. The van der Waals surface area contributed by atoms with E-state index in [4.69, 9.17) is 4.74 Å². The molecule has 2 heteroatoms. The van der Waals surface area contributed by atoms with Gasteiger partial charge in [-0.2, -0.15) is 0 Å². The van der Waals surface area contributed by atoms with E-state index in [9.17, 15) is 0 Å². The second-order valence-electron chi connectivity index (χ2n) is 3.33. The molecule has 14 heavy (non-hydrogen) atoms. The Morgan fingerprint density at radius 3 is 2.50 bits per heavy atom. The molecule has 1 aromatic rings. The Kier molecular flexibility index (Phi) is 4.33. The third-order valence-corrected chi connectivity index (χ3v) is 2.71. The van der Waals surface area contributed by atoms with Crippen LogP contribution in [-0.4, -0.2) is 12.9 Å². The van der Waals surface area contributed by atoms with E-state index in [2.05, 4.69) is 38.3 Å². The molecule has 1 nitrogen and oxygen atoms in total. The van der Waals surface area contributed by atoms with Gasteiger partial charge in [0.05, 0.1) is 6.61 Å². The molecule has 0 fully saturated rings. The molecular formula is C12H17OS. The molecule has 0 aliphatic rings. The molecule has 0 aliphatic carbocycles. The standard InChI is InChI=1S/C12H17OS/c1-5-13-11-6-10(9(2)3)7-12(8-11)14-4/h6-8H,5H2,1-4H3. The first kappa shape index (κ1) is 11.4. The number of hydrogen-bond donors (Lipinski definition) is 0. The summed E-state index contributed by atoms with van der Waals surface area (Å²) in [6.07, 6.45) is 2.08. The quantitative estimate of drug-likeness (QED) is 0.698. The minimum absolute atomic E-state index is 0.722. The molecule has 0 N–H and O–H groups in total. The van der Waals surface area contributed by atoms with Gasteiger partial charge in [0.2, 0.25) is 0 Å². The largest absolute Gasteiger partial charge is 0.494 e. The topological polar surface area (TPSA) is 9.23 Å². The normalized spacial score (nSPS) is 10.6. The van der Waals surface area contributed by atoms with Gasteiger partial charge in [0, 0.05) is 4.90 Å². The molecule has 0 amide bonds. The minimum Gasteiger partial charge on any atom is -0.494 e. The molecule has 0 heterocycles. The molecule has 1 radical (unpaired) electrons. The zero-order valence-corrected chi connectivity index (χ0v) is 10.1. The first-order valence-corrected chi connectivity index (χ1v) is 6.02. The van der Waals surface area contributed by atoms with Gasteiger partial charge in [-0.05, 0) is 42.9 Å². The van der Waals surface area contributed by atoms with Gasteiger partial charge in [0.25, 0.3) is 0 Å². The van der Waals surface area contributed by atoms with E-state index < -0.39 is 0 Å². The number of rotatable bonds is 4. The predicted octanol–water partition coefficient (Wildman–Crippen LogP) is 3.77. The number of benzene rings is 1. The Labute approximate surface area is 90.9 Å². The van der Waals surface area contributed by atoms with Gasteiger partial charge in [-0.3, -0.25) is 0 Å². The van der Waals surface area contributed by atoms with Gasteiger partial charge < -0.3 is 4.74 Å². The SMILES string of the molecule is CCOc1cc(SC)cc([C](C)C)c1. The summed E-state index contributed by atoms with van der Waals surface area (Å²) in [7, 11) is 0. The molecule has 1 rings (SSSR count). The fraction of sp³-hybridized carbons (Fsp3) is 0.417. The van der Waals surface area contributed by atoms with E-state index in [-0.39, 0.29) is 0 Å². The van der Waals surface area contributed by atoms with Crippen molar-refractivity contribution in [1.29, 1.82) is 0 Å². The smallest absolute Gasteiger partial charge is 0.120 e. The molecule has 0 saturated carbocycles. The van der Waals surface area contributed by atoms with E-state index in [0.717, 1.165) is 12.4 Å². The third-order valence-electron chi connectivity index (χ3n) is 2.00. The highest BCUT2D eigenvalue weighted by Gasteiger charge is 2.04. The summed E-state index contributed by atoms with van der Waals surface area (Å²) in [5, 5.41) is 0. The summed E-state index contributed by atoms with van der Waals surface area (Å²) in [5.74, 6) is 2.29. The van der Waals surface area contributed by atoms with E-state index >= 15 is 0 Å². The van der Waals surface area contributed by atoms with Crippen molar-refractivity contribution in [1.82, 2.24) is 0 Å². The zero-order chi connectivity index (χ0) is 10.6. The van der Waals surface area contributed by atoms with Gasteiger partial charge in [-0.1, -0.05) is 13.8 Å². The fourth-order valence-electron chi connectivity index (χ4n) is 1.23. The van der Waals surface area contributed by atoms with Crippen LogP contribution in [0.5, 0.6) is 5.75 Å². The van der Waals surface area contributed by atoms with Crippen LogP contribution in [0.3, 0.4) is 0 Å². The number of hydrogen-bond acceptors (Lipinski definition) is 2. The lowest BCUT2D eigenvalue weighted by Gasteiger charge is -2.10. The maximum atomic E-state index is 5.51. The monoisotopic (exact) mass is 209 g/mol. The summed E-state index contributed by atoms with van der Waals surface area (Å²) >= 11 is 1.75. The van der Waals surface area contributed by atoms with Crippen LogP contribution in [-0.2, 0) is 0 Å². The van der Waals surface area contributed by atoms with E-state index in [1.54, 1.807) is 11.8 Å². The minimum atomic E-state index is 0.722. The Hall–Kier alpha value is -0.630. The van der Waals surface area contributed by atoms with Crippen LogP contribution in [0, 0.1) is 5.92 Å². The van der Waals surface area contributed by atoms with Crippen molar-refractivity contribution in [2.75, 3.05) is 12.9 Å². The van der Waals surface area contributed by atoms with Crippen molar-refractivity contribution < 1.29 is 4.74 Å². The lowest BCUT2D eigenvalue weighted by Crippen LogP contribution is -1.95. The van der Waals surface area contributed by atoms with Crippen LogP contribution in [0.1, 0.15) is 26.3 Å². The molecule has 0 aliphatic heterocycles. The fourth-order valence-corrected chi connectivity index (χ4v) is 1.71. The first-order chi connectivity index (χ1) is 6.67. The van der Waals surface area contributed by atoms with E-state index in [1.165, 1.54) is 16.4 Å². The molecule has 0 atom stereocenters. The van der Waals surface area contributed by atoms with Crippen molar-refractivity contribution in [2.24, 2.45) is 0 Å². The van der Waals surface area contributed by atoms with Crippen LogP contribution >= 0.6 is 11.8 Å². The molecule has 0 unspecified atom stereocenters. The summed E-state index contributed by atoms with van der Waals surface area (Å²) < 4.78 is 5.51. The Morgan fingerprint density at radius 1 is 1.29 bits per heavy atom. The van der Waals surface area contributed by atoms with Crippen LogP contribution < -0.4 is 4.74 Å². The van der Waals surface area contributed by atoms with Crippen molar-refractivity contribution >= 4 is 11.8 Å². The Bertz CT molecular complexity index is 294. The lowest BCUT2D eigenvalue weighted by atomic mass is 10.0. The van der Waals surface area contributed by atoms with Crippen molar-refractivity contribution in [3.63, 3.8) is 0 Å². The van der Waals surface area contributed by atoms with Crippen LogP contribution in [0.2, 0.25) is 0 Å². The van der Waals surface area contributed by atoms with Crippen molar-refractivity contribution in [3.05, 3.63) is 29.7 Å². The predicted molar refractivity (Wildman–Crippen MR) is 63.1 cm³/mol. The Morgan fingerprint density at radius 2 is 2.00 bits per heavy atom. The Balaban J connectivity index is 3.00. The molecular weight excluding hydrogens is 192 g/mol. The second-order valence-corrected chi connectivity index (χ2v) is 4.21. The maximum Gasteiger partial charge on any atom is 0.120 e. The summed E-state index contributed by atoms with van der Waals surface area (Å²) in [6.45, 7) is 6.97. The van der Waals surface area contributed by atoms with Crippen LogP contribution in [0.4, 0.5) is 0 Å². The van der Waals surface area contributed by atoms with Gasteiger partial charge in [-0.15, -0.1) is 11.8 Å². The maximum absolute atomic E-state index is 5.51. The lowest BCUT2D eigenvalue weighted by molar-refractivity contribution is 0.339. The molecule has 0 bridgehead atoms. The molecule has 77 valence electrons. The van der Waals surface area contributed by atoms with Gasteiger partial charge in [-0.25, -0.2) is 0 Å². The molecule has 0 spiro atoms. The van der Waals surface area contributed by atoms with E-state index in [1.807, 2.05) is 6.92 Å². The second kappa shape index (κ2) is 5.30. The van der Waals surface area contributed by atoms with Crippen LogP contribution in [0.15, 0.2) is 23.1 Å². The van der Waals surface area contributed by atoms with E-state index in [0.29, 0.717) is 0 Å². The highest BCUT2D eigenvalue weighted by atomic mass is 32.2. The first-order valence-electron chi connectivity index (χ1n) is 4.79. The highest BCUT2D eigenvalue weighted by molar-refractivity contribution is 7.98. The summed E-state index contributed by atoms with van der Waals surface area (Å²) in [4.78, 5) is 1.26. The van der Waals surface area contributed by atoms with Crippen molar-refractivity contribution in [3.8, 4) is 5.75 Å². The average molecular weight is 209 g/mol. The highest BCUT2D eigenvalue weighted by Crippen LogP contribution is 2.27. The third kappa shape index (κ3) is 2.95. The molecule has 1 aromatic carbocycles. The van der Waals surface area contributed by atoms with Gasteiger partial charge >= 0.3 is 0 Å². The van der Waals surface area contributed by atoms with Gasteiger partial charge in [0.1, 0.15) is 5.75 Å². The summed E-state index contributed by atoms with van der Waals surface area (Å²) in [5.41, 5.74) is 1.26. The molecule has 0 aromatic heterocycles. The molecule has 0 saturated heterocycles. The van der Waals surface area contributed by atoms with Crippen LogP contribution in [0.25, 0.3) is 0 Å². The number of ether oxygens (including phenoxy) is 1. The van der Waals surface area contributed by atoms with Crippen molar-refractivity contribution in [2.45, 2.75) is 25.7 Å². The average Bonchev–Trinajstić information content (AvgIpc) is 2.17.